The van der Waals surface area contributed by atoms with E-state index in [9.17, 15) is 9.18 Å². The number of benzene rings is 3. The van der Waals surface area contributed by atoms with Gasteiger partial charge in [-0.15, -0.1) is 5.10 Å². The van der Waals surface area contributed by atoms with Crippen LogP contribution < -0.4 is 24.3 Å². The van der Waals surface area contributed by atoms with Crippen molar-refractivity contribution in [2.24, 2.45) is 0 Å². The summed E-state index contributed by atoms with van der Waals surface area (Å²) in [5.41, 5.74) is 3.13. The molecule has 0 radical (unpaired) electrons. The van der Waals surface area contributed by atoms with Crippen LogP contribution in [0.3, 0.4) is 0 Å². The molecular weight excluding hydrogens is 617 g/mol. The first-order valence-corrected chi connectivity index (χ1v) is 16.3. The summed E-state index contributed by atoms with van der Waals surface area (Å²) >= 11 is 1.22. The van der Waals surface area contributed by atoms with Gasteiger partial charge >= 0.3 is 0 Å². The fourth-order valence-electron chi connectivity index (χ4n) is 4.87. The molecule has 3 aromatic carbocycles. The van der Waals surface area contributed by atoms with Gasteiger partial charge in [0.05, 0.1) is 30.5 Å². The summed E-state index contributed by atoms with van der Waals surface area (Å²) in [5, 5.41) is 9.21. The van der Waals surface area contributed by atoms with E-state index < -0.39 is 5.82 Å². The van der Waals surface area contributed by atoms with E-state index in [-0.39, 0.29) is 11.3 Å². The molecule has 3 heterocycles. The number of unbranched alkanes of at least 4 members (excludes halogenated alkanes) is 1. The highest BCUT2D eigenvalue weighted by Crippen LogP contribution is 2.30. The maximum Gasteiger partial charge on any atom is 0.291 e. The van der Waals surface area contributed by atoms with E-state index in [0.717, 1.165) is 30.5 Å². The average molecular weight is 652 g/mol. The van der Waals surface area contributed by atoms with Gasteiger partial charge in [0.2, 0.25) is 4.96 Å². The quantitative estimate of drug-likeness (QED) is 0.126. The van der Waals surface area contributed by atoms with E-state index in [4.69, 9.17) is 19.3 Å². The van der Waals surface area contributed by atoms with Gasteiger partial charge in [-0.05, 0) is 73.0 Å². The molecule has 11 heteroatoms. The van der Waals surface area contributed by atoms with Gasteiger partial charge in [0.1, 0.15) is 5.69 Å². The van der Waals surface area contributed by atoms with E-state index in [1.54, 1.807) is 36.1 Å². The van der Waals surface area contributed by atoms with E-state index in [1.165, 1.54) is 21.9 Å². The van der Waals surface area contributed by atoms with Crippen molar-refractivity contribution in [3.05, 3.63) is 111 Å². The van der Waals surface area contributed by atoms with Gasteiger partial charge in [-0.25, -0.2) is 9.07 Å². The zero-order chi connectivity index (χ0) is 32.8. The van der Waals surface area contributed by atoms with Crippen molar-refractivity contribution >= 4 is 34.5 Å². The van der Waals surface area contributed by atoms with Crippen molar-refractivity contribution in [2.75, 3.05) is 20.3 Å². The summed E-state index contributed by atoms with van der Waals surface area (Å²) in [6.45, 7) is 5.13. The number of aromatic nitrogens is 5. The molecule has 3 aromatic heterocycles. The molecule has 0 N–H and O–H groups in total. The predicted octanol–water partition coefficient (Wildman–Crippen LogP) is 6.84. The minimum atomic E-state index is -0.477. The van der Waals surface area contributed by atoms with Crippen LogP contribution in [0.2, 0.25) is 0 Å². The number of hydrogen-bond donors (Lipinski definition) is 0. The van der Waals surface area contributed by atoms with Crippen molar-refractivity contribution in [1.82, 2.24) is 24.4 Å². The average Bonchev–Trinajstić information content (AvgIpc) is 3.78. The second-order valence-electron chi connectivity index (χ2n) is 10.7. The number of methoxy groups -OCH3 is 1. The molecule has 6 rings (SSSR count). The highest BCUT2D eigenvalue weighted by Gasteiger charge is 2.16. The maximum atomic E-state index is 15.0. The molecule has 0 atom stereocenters. The monoisotopic (exact) mass is 651 g/mol. The number of fused-ring (bicyclic) bond motifs is 1. The topological polar surface area (TPSA) is 92.8 Å². The number of halogens is 1. The number of rotatable bonds is 13. The molecule has 0 unspecified atom stereocenters. The van der Waals surface area contributed by atoms with Crippen molar-refractivity contribution < 1.29 is 18.6 Å². The molecule has 0 fully saturated rings. The van der Waals surface area contributed by atoms with E-state index in [0.29, 0.717) is 56.9 Å². The Morgan fingerprint density at radius 2 is 1.70 bits per heavy atom. The van der Waals surface area contributed by atoms with Crippen LogP contribution >= 0.6 is 11.3 Å². The summed E-state index contributed by atoms with van der Waals surface area (Å²) in [6, 6.07) is 20.1. The Bertz CT molecular complexity index is 2140. The minimum Gasteiger partial charge on any atom is -0.493 e. The lowest BCUT2D eigenvalue weighted by atomic mass is 10.1. The predicted molar refractivity (Wildman–Crippen MR) is 183 cm³/mol. The second kappa shape index (κ2) is 14.4. The van der Waals surface area contributed by atoms with Crippen LogP contribution in [0.1, 0.15) is 50.1 Å². The van der Waals surface area contributed by atoms with Crippen LogP contribution in [0, 0.1) is 5.82 Å². The molecule has 0 aliphatic heterocycles. The Kier molecular flexibility index (Phi) is 9.72. The lowest BCUT2D eigenvalue weighted by Gasteiger charge is -2.10. The summed E-state index contributed by atoms with van der Waals surface area (Å²) in [7, 11) is 1.61. The molecule has 0 spiro atoms. The third-order valence-corrected chi connectivity index (χ3v) is 8.24. The fourth-order valence-corrected chi connectivity index (χ4v) is 5.78. The van der Waals surface area contributed by atoms with Gasteiger partial charge in [-0.2, -0.15) is 14.6 Å². The van der Waals surface area contributed by atoms with Crippen LogP contribution in [0.15, 0.2) is 77.7 Å². The normalized spacial score (nSPS) is 12.0. The Balaban J connectivity index is 1.31. The van der Waals surface area contributed by atoms with Gasteiger partial charge in [0.25, 0.3) is 5.56 Å². The maximum absolute atomic E-state index is 15.0. The highest BCUT2D eigenvalue weighted by molar-refractivity contribution is 7.15. The number of thiazole rings is 1. The van der Waals surface area contributed by atoms with Crippen LogP contribution in [-0.2, 0) is 0 Å². The van der Waals surface area contributed by atoms with Gasteiger partial charge in [0.15, 0.2) is 28.9 Å². The number of para-hydroxylation sites is 1. The van der Waals surface area contributed by atoms with Crippen molar-refractivity contribution in [3.8, 4) is 34.2 Å². The molecule has 0 amide bonds. The van der Waals surface area contributed by atoms with Crippen LogP contribution in [0.5, 0.6) is 17.2 Å². The van der Waals surface area contributed by atoms with E-state index in [2.05, 4.69) is 17.0 Å². The smallest absolute Gasteiger partial charge is 0.291 e. The molecule has 6 aromatic rings. The lowest BCUT2D eigenvalue weighted by Crippen LogP contribution is -2.23. The van der Waals surface area contributed by atoms with Crippen LogP contribution in [0.4, 0.5) is 4.39 Å². The van der Waals surface area contributed by atoms with Crippen LogP contribution in [-0.4, -0.2) is 44.7 Å². The summed E-state index contributed by atoms with van der Waals surface area (Å²) in [5.74, 6) is 1.45. The number of hydrogen-bond acceptors (Lipinski definition) is 8. The molecule has 0 aliphatic carbocycles. The van der Waals surface area contributed by atoms with E-state index in [1.807, 2.05) is 67.7 Å². The molecule has 0 saturated heterocycles. The largest absolute Gasteiger partial charge is 0.493 e. The zero-order valence-corrected chi connectivity index (χ0v) is 27.2. The number of nitrogens with zero attached hydrogens (tertiary/aromatic N) is 5. The SMILES string of the molecule is CCCCOc1ccc(/C=C/c2nc3s/c(=C\c4cn(-c5ccccc5)nc4-c4ccc(OCCC)c(F)c4)c(=O)n3n2)cc1OC. The number of ether oxygens (including phenoxy) is 3. The molecule has 0 bridgehead atoms. The standard InChI is InChI=1S/C36H34FN5O4S/c1-4-6-19-46-30-15-12-24(20-31(30)44-3)13-17-33-38-36-42(39-33)35(43)32(47-36)22-26-23-41(27-10-8-7-9-11-27)40-34(26)25-14-16-29(28(37)21-25)45-18-5-2/h7-17,20-23H,4-6,18-19H2,1-3H3/b17-13+,32-22-. The third kappa shape index (κ3) is 7.10. The zero-order valence-electron chi connectivity index (χ0n) is 26.4. The molecular formula is C36H34FN5O4S. The van der Waals surface area contributed by atoms with E-state index >= 15 is 0 Å². The minimum absolute atomic E-state index is 0.188. The van der Waals surface area contributed by atoms with Crippen LogP contribution in [0.25, 0.3) is 40.1 Å². The molecule has 47 heavy (non-hydrogen) atoms. The van der Waals surface area contributed by atoms with Gasteiger partial charge in [-0.3, -0.25) is 4.79 Å². The molecule has 9 nitrogen and oxygen atoms in total. The summed E-state index contributed by atoms with van der Waals surface area (Å²) in [6.07, 6.45) is 9.97. The van der Waals surface area contributed by atoms with Crippen molar-refractivity contribution in [3.63, 3.8) is 0 Å². The van der Waals surface area contributed by atoms with Gasteiger partial charge < -0.3 is 14.2 Å². The Morgan fingerprint density at radius 1 is 0.894 bits per heavy atom. The fraction of sp³-hybridized carbons (Fsp3) is 0.222. The highest BCUT2D eigenvalue weighted by atomic mass is 32.1. The molecule has 0 saturated carbocycles. The Morgan fingerprint density at radius 3 is 2.45 bits per heavy atom. The Labute approximate surface area is 275 Å². The first kappa shape index (κ1) is 31.7. The lowest BCUT2D eigenvalue weighted by molar-refractivity contribution is 0.288. The van der Waals surface area contributed by atoms with Crippen molar-refractivity contribution in [2.45, 2.75) is 33.1 Å². The summed E-state index contributed by atoms with van der Waals surface area (Å²) in [4.78, 5) is 18.5. The Hall–Kier alpha value is -5.29. The molecule has 0 aliphatic rings. The first-order chi connectivity index (χ1) is 23.0. The van der Waals surface area contributed by atoms with Crippen molar-refractivity contribution in [1.29, 1.82) is 0 Å². The van der Waals surface area contributed by atoms with Gasteiger partial charge in [-0.1, -0.05) is 61.9 Å². The summed E-state index contributed by atoms with van der Waals surface area (Å²) < 4.78 is 35.3. The van der Waals surface area contributed by atoms with Gasteiger partial charge in [0, 0.05) is 17.3 Å². The second-order valence-corrected chi connectivity index (χ2v) is 11.7. The molecule has 240 valence electrons. The first-order valence-electron chi connectivity index (χ1n) is 15.5. The third-order valence-electron chi connectivity index (χ3n) is 7.28.